The van der Waals surface area contributed by atoms with E-state index in [0.29, 0.717) is 5.82 Å². The summed E-state index contributed by atoms with van der Waals surface area (Å²) in [5.74, 6) is 0.703. The summed E-state index contributed by atoms with van der Waals surface area (Å²) in [6, 6.07) is 56.4. The lowest BCUT2D eigenvalue weighted by Gasteiger charge is -2.22. The van der Waals surface area contributed by atoms with Crippen LogP contribution in [0.2, 0.25) is 0 Å². The first kappa shape index (κ1) is 34.3. The van der Waals surface area contributed by atoms with Gasteiger partial charge in [0.25, 0.3) is 0 Å². The maximum Gasteiger partial charge on any atom is 0.160 e. The summed E-state index contributed by atoms with van der Waals surface area (Å²) in [5.41, 5.74) is 15.5. The first-order chi connectivity index (χ1) is 28.4. The molecule has 0 radical (unpaired) electrons. The summed E-state index contributed by atoms with van der Waals surface area (Å²) in [7, 11) is 0. The normalized spacial score (nSPS) is 14.1. The molecule has 58 heavy (non-hydrogen) atoms. The van der Waals surface area contributed by atoms with Crippen molar-refractivity contribution in [1.29, 1.82) is 0 Å². The number of benzene rings is 6. The lowest BCUT2D eigenvalue weighted by Crippen LogP contribution is -2.29. The minimum atomic E-state index is -0.111. The number of hydrogen-bond acceptors (Lipinski definition) is 4. The van der Waals surface area contributed by atoms with Crippen molar-refractivity contribution < 1.29 is 0 Å². The van der Waals surface area contributed by atoms with Crippen LogP contribution in [0.25, 0.3) is 82.4 Å². The van der Waals surface area contributed by atoms with Crippen molar-refractivity contribution in [2.75, 3.05) is 0 Å². The first-order valence-corrected chi connectivity index (χ1v) is 20.5. The molecule has 3 heterocycles. The van der Waals surface area contributed by atoms with E-state index in [4.69, 9.17) is 15.0 Å². The van der Waals surface area contributed by atoms with Crippen molar-refractivity contribution in [2.45, 2.75) is 19.3 Å². The van der Waals surface area contributed by atoms with Gasteiger partial charge < -0.3 is 0 Å². The lowest BCUT2D eigenvalue weighted by molar-refractivity contribution is 0.660. The van der Waals surface area contributed by atoms with Gasteiger partial charge in [-0.05, 0) is 81.0 Å². The van der Waals surface area contributed by atoms with Gasteiger partial charge in [0.05, 0.1) is 16.7 Å². The molecule has 0 amide bonds. The number of pyridine rings is 1. The third-order valence-electron chi connectivity index (χ3n) is 11.8. The highest BCUT2D eigenvalue weighted by Crippen LogP contribution is 2.49. The van der Waals surface area contributed by atoms with Gasteiger partial charge in [-0.15, -0.1) is 11.3 Å². The smallest absolute Gasteiger partial charge is 0.160 e. The van der Waals surface area contributed by atoms with Gasteiger partial charge in [0.1, 0.15) is 0 Å². The highest BCUT2D eigenvalue weighted by molar-refractivity contribution is 7.26. The molecule has 0 atom stereocenters. The van der Waals surface area contributed by atoms with Crippen LogP contribution in [0, 0.1) is 0 Å². The zero-order chi connectivity index (χ0) is 39.0. The molecule has 274 valence electrons. The molecule has 0 aliphatic heterocycles. The third kappa shape index (κ3) is 5.52. The molecule has 0 saturated carbocycles. The highest BCUT2D eigenvalue weighted by atomic mass is 32.1. The Morgan fingerprint density at radius 2 is 1.22 bits per heavy atom. The summed E-state index contributed by atoms with van der Waals surface area (Å²) < 4.78 is 2.55. The Hall–Kier alpha value is -7.01. The van der Waals surface area contributed by atoms with Crippen LogP contribution in [0.5, 0.6) is 0 Å². The molecular weight excluding hydrogens is 723 g/mol. The van der Waals surface area contributed by atoms with Crippen LogP contribution in [-0.4, -0.2) is 15.0 Å². The number of hydrogen-bond donors (Lipinski definition) is 0. The Bertz CT molecular complexity index is 3310. The van der Waals surface area contributed by atoms with Crippen LogP contribution in [0.4, 0.5) is 0 Å². The molecule has 0 bridgehead atoms. The summed E-state index contributed by atoms with van der Waals surface area (Å²) in [6.07, 6.45) is 6.18. The molecule has 3 nitrogen and oxygen atoms in total. The molecule has 3 aromatic heterocycles. The largest absolute Gasteiger partial charge is 0.256 e. The van der Waals surface area contributed by atoms with Gasteiger partial charge in [0.2, 0.25) is 0 Å². The maximum absolute atomic E-state index is 5.20. The van der Waals surface area contributed by atoms with Crippen LogP contribution in [0.3, 0.4) is 0 Å². The molecule has 6 aromatic carbocycles. The van der Waals surface area contributed by atoms with Gasteiger partial charge in [-0.1, -0.05) is 154 Å². The number of allylic oxidation sites excluding steroid dienone is 3. The Morgan fingerprint density at radius 1 is 0.534 bits per heavy atom. The zero-order valence-electron chi connectivity index (χ0n) is 32.2. The van der Waals surface area contributed by atoms with Gasteiger partial charge in [-0.3, -0.25) is 4.98 Å². The quantitative estimate of drug-likeness (QED) is 0.175. The second kappa shape index (κ2) is 13.3. The second-order valence-corrected chi connectivity index (χ2v) is 16.8. The fraction of sp³-hybridized carbons (Fsp3) is 0.0556. The van der Waals surface area contributed by atoms with Crippen LogP contribution < -0.4 is 10.6 Å². The Morgan fingerprint density at radius 3 is 2.09 bits per heavy atom. The molecule has 0 fully saturated rings. The monoisotopic (exact) mass is 759 g/mol. The number of rotatable bonds is 5. The van der Waals surface area contributed by atoms with Crippen molar-refractivity contribution >= 4 is 48.7 Å². The van der Waals surface area contributed by atoms with Crippen LogP contribution >= 0.6 is 11.3 Å². The van der Waals surface area contributed by atoms with Crippen molar-refractivity contribution in [3.05, 3.63) is 215 Å². The van der Waals surface area contributed by atoms with Gasteiger partial charge in [0.15, 0.2) is 5.82 Å². The average molecular weight is 760 g/mol. The van der Waals surface area contributed by atoms with E-state index in [2.05, 4.69) is 166 Å². The van der Waals surface area contributed by atoms with E-state index in [-0.39, 0.29) is 5.41 Å². The predicted molar refractivity (Wildman–Crippen MR) is 243 cm³/mol. The standard InChI is InChI=1S/C54H37N3S/c1-33-29-44(42-18-11-17-41-40-16-8-10-21-50(40)58-52(41)42)51(43-19-12-28-55-49(43)30-33)35-24-22-34(23-25-35)47-32-48(57-53(56-47)36-13-5-4-6-14-36)37-26-27-39-38-15-7-9-20-45(38)54(2,3)46(39)31-37/h4-32H,1H2,2-3H3. The van der Waals surface area contributed by atoms with Gasteiger partial charge in [-0.25, -0.2) is 9.97 Å². The van der Waals surface area contributed by atoms with Crippen molar-refractivity contribution in [3.8, 4) is 45.0 Å². The number of fused-ring (bicyclic) bond motifs is 7. The van der Waals surface area contributed by atoms with Gasteiger partial charge in [-0.2, -0.15) is 0 Å². The van der Waals surface area contributed by atoms with Crippen molar-refractivity contribution in [2.24, 2.45) is 0 Å². The van der Waals surface area contributed by atoms with Crippen LogP contribution in [0.1, 0.15) is 36.1 Å². The summed E-state index contributed by atoms with van der Waals surface area (Å²) in [5, 5.41) is 4.54. The molecular formula is C54H37N3S. The van der Waals surface area contributed by atoms with Gasteiger partial charge in [0, 0.05) is 59.3 Å². The van der Waals surface area contributed by atoms with E-state index in [1.165, 1.54) is 48.0 Å². The first-order valence-electron chi connectivity index (χ1n) is 19.7. The van der Waals surface area contributed by atoms with Crippen molar-refractivity contribution in [3.63, 3.8) is 0 Å². The molecule has 0 spiro atoms. The number of aromatic nitrogens is 3. The average Bonchev–Trinajstić information content (AvgIpc) is 3.70. The molecule has 0 saturated heterocycles. The maximum atomic E-state index is 5.20. The molecule has 0 N–H and O–H groups in total. The molecule has 4 heteroatoms. The van der Waals surface area contributed by atoms with Crippen LogP contribution in [-0.2, 0) is 5.41 Å². The van der Waals surface area contributed by atoms with Gasteiger partial charge >= 0.3 is 0 Å². The Labute approximate surface area is 341 Å². The van der Waals surface area contributed by atoms with E-state index < -0.39 is 0 Å². The van der Waals surface area contributed by atoms with Crippen LogP contribution in [0.15, 0.2) is 182 Å². The summed E-state index contributed by atoms with van der Waals surface area (Å²) >= 11 is 1.85. The molecule has 11 rings (SSSR count). The fourth-order valence-electron chi connectivity index (χ4n) is 8.98. The van der Waals surface area contributed by atoms with E-state index in [9.17, 15) is 0 Å². The van der Waals surface area contributed by atoms with E-state index in [0.717, 1.165) is 60.9 Å². The SMILES string of the molecule is C=C1C=C(c2cccc3c2sc2ccccc23)C(c2ccc(-c3cc(-c4ccc5c(c4)C(C)(C)c4ccccc4-5)nc(-c4ccccc4)n3)cc2)=c2cccnc2=C1. The lowest BCUT2D eigenvalue weighted by atomic mass is 9.82. The van der Waals surface area contributed by atoms with E-state index >= 15 is 0 Å². The summed E-state index contributed by atoms with van der Waals surface area (Å²) in [6.45, 7) is 9.10. The number of nitrogens with zero attached hydrogens (tertiary/aromatic N) is 3. The molecule has 2 aliphatic rings. The summed E-state index contributed by atoms with van der Waals surface area (Å²) in [4.78, 5) is 15.2. The molecule has 2 aliphatic carbocycles. The molecule has 0 unspecified atom stereocenters. The van der Waals surface area contributed by atoms with E-state index in [1.807, 2.05) is 41.8 Å². The Kier molecular flexibility index (Phi) is 7.85. The molecule has 9 aromatic rings. The fourth-order valence-corrected chi connectivity index (χ4v) is 10.2. The van der Waals surface area contributed by atoms with E-state index in [1.54, 1.807) is 0 Å². The highest BCUT2D eigenvalue weighted by Gasteiger charge is 2.35. The topological polar surface area (TPSA) is 38.7 Å². The van der Waals surface area contributed by atoms with Crippen molar-refractivity contribution in [1.82, 2.24) is 15.0 Å². The second-order valence-electron chi connectivity index (χ2n) is 15.7. The third-order valence-corrected chi connectivity index (χ3v) is 13.1. The zero-order valence-corrected chi connectivity index (χ0v) is 33.0. The Balaban J connectivity index is 1.06. The minimum absolute atomic E-state index is 0.111. The predicted octanol–water partition coefficient (Wildman–Crippen LogP) is 12.2. The minimum Gasteiger partial charge on any atom is -0.256 e. The number of thiophene rings is 1.